The Morgan fingerprint density at radius 2 is 0.580 bits per heavy atom. The van der Waals surface area contributed by atoms with Gasteiger partial charge < -0.3 is 188 Å². The van der Waals surface area contributed by atoms with Crippen LogP contribution in [0.25, 0.3) is 0 Å². The second kappa shape index (κ2) is 30.9. The molecule has 0 radical (unpaired) electrons. The van der Waals surface area contributed by atoms with Crippen molar-refractivity contribution < 1.29 is 188 Å². The number of rotatable bonds is 22. The van der Waals surface area contributed by atoms with Gasteiger partial charge >= 0.3 is 0 Å². The number of aliphatic hydroxyl groups is 21. The largest absolute Gasteiger partial charge is 0.394 e. The van der Waals surface area contributed by atoms with Gasteiger partial charge in [0, 0.05) is 14.2 Å². The lowest BCUT2D eigenvalue weighted by Crippen LogP contribution is -2.69. The van der Waals surface area contributed by atoms with Crippen LogP contribution in [0.1, 0.15) is 20.8 Å². The van der Waals surface area contributed by atoms with Gasteiger partial charge in [-0.3, -0.25) is 0 Å². The Morgan fingerprint density at radius 3 is 1.02 bits per heavy atom. The average Bonchev–Trinajstić information content (AvgIpc) is 3.25. The zero-order valence-corrected chi connectivity index (χ0v) is 48.0. The van der Waals surface area contributed by atoms with Gasteiger partial charge in [0.05, 0.1) is 51.3 Å². The van der Waals surface area contributed by atoms with Gasteiger partial charge in [0.1, 0.15) is 177 Å². The Balaban J connectivity index is 1.06. The van der Waals surface area contributed by atoms with Gasteiger partial charge in [-0.15, -0.1) is 0 Å². The molecule has 38 heteroatoms. The zero-order valence-electron chi connectivity index (χ0n) is 48.0. The van der Waals surface area contributed by atoms with Gasteiger partial charge in [-0.25, -0.2) is 0 Å². The molecule has 38 nitrogen and oxygen atoms in total. The molecule has 0 aromatic heterocycles. The third kappa shape index (κ3) is 14.6. The van der Waals surface area contributed by atoms with E-state index in [-0.39, 0.29) is 0 Å². The van der Waals surface area contributed by atoms with Crippen LogP contribution in [0.3, 0.4) is 0 Å². The monoisotopic (exact) mass is 1290 g/mol. The summed E-state index contributed by atoms with van der Waals surface area (Å²) in [5.74, 6) is 0. The van der Waals surface area contributed by atoms with Crippen LogP contribution in [-0.2, 0) is 80.5 Å². The summed E-state index contributed by atoms with van der Waals surface area (Å²) in [7, 11) is 2.18. The number of hydrogen-bond donors (Lipinski definition) is 21. The molecule has 0 bridgehead atoms. The van der Waals surface area contributed by atoms with Crippen LogP contribution in [0.5, 0.6) is 0 Å². The molecule has 0 amide bonds. The zero-order chi connectivity index (χ0) is 64.7. The first kappa shape index (κ1) is 72.3. The summed E-state index contributed by atoms with van der Waals surface area (Å²) < 4.78 is 100. The highest BCUT2D eigenvalue weighted by Gasteiger charge is 2.60. The number of methoxy groups -OCH3 is 2. The molecule has 88 heavy (non-hydrogen) atoms. The second-order valence-electron chi connectivity index (χ2n) is 22.7. The summed E-state index contributed by atoms with van der Waals surface area (Å²) in [6, 6.07) is 0. The van der Waals surface area contributed by atoms with Crippen molar-refractivity contribution >= 4 is 0 Å². The topological polar surface area (TPSA) is 582 Å². The maximum absolute atomic E-state index is 11.9. The molecule has 8 aliphatic heterocycles. The molecule has 0 spiro atoms. The first-order valence-electron chi connectivity index (χ1n) is 28.5. The molecule has 8 saturated heterocycles. The van der Waals surface area contributed by atoms with Crippen molar-refractivity contribution in [3.63, 3.8) is 0 Å². The normalized spacial score (nSPS) is 53.5. The molecular formula is C50H86O38. The van der Waals surface area contributed by atoms with E-state index in [2.05, 4.69) is 0 Å². The minimum Gasteiger partial charge on any atom is -0.394 e. The van der Waals surface area contributed by atoms with E-state index in [0.29, 0.717) is 0 Å². The first-order valence-corrected chi connectivity index (χ1v) is 28.5. The summed E-state index contributed by atoms with van der Waals surface area (Å²) in [4.78, 5) is 0. The summed E-state index contributed by atoms with van der Waals surface area (Å²) >= 11 is 0. The minimum absolute atomic E-state index is 0.864. The summed E-state index contributed by atoms with van der Waals surface area (Å²) in [6.07, 6.45) is -73.3. The van der Waals surface area contributed by atoms with E-state index in [0.717, 1.165) is 14.2 Å². The molecule has 8 heterocycles. The van der Waals surface area contributed by atoms with Gasteiger partial charge in [0.25, 0.3) is 0 Å². The number of hydrogen-bond acceptors (Lipinski definition) is 38. The second-order valence-corrected chi connectivity index (χ2v) is 22.7. The predicted molar refractivity (Wildman–Crippen MR) is 270 cm³/mol. The Kier molecular flexibility index (Phi) is 25.4. The first-order chi connectivity index (χ1) is 41.7. The van der Waals surface area contributed by atoms with Crippen molar-refractivity contribution in [1.82, 2.24) is 0 Å². The maximum Gasteiger partial charge on any atom is 0.189 e. The molecule has 40 atom stereocenters. The van der Waals surface area contributed by atoms with E-state index < -0.39 is 279 Å². The van der Waals surface area contributed by atoms with Gasteiger partial charge in [-0.1, -0.05) is 0 Å². The summed E-state index contributed by atoms with van der Waals surface area (Å²) in [5, 5.41) is 228. The highest BCUT2D eigenvalue weighted by atomic mass is 16.8. The SMILES string of the molecule is CO[C@@H]1[C@@H](O)[C@H](CO)O[C@@H](O[C@H]2[C@H](O[C@H]3[C@H](O[C@@H]4[C@@H](O)[C@H](C)O[C@@H](O[C@@H]5[C@@H](O)[C@@H](O[C@@H]6O[C@H](CO)[C@@H](O)[C@H](O)[C@H]6O)O[C@H](CO)[C@H]5O)[C@@H]4O)O[C@@H](C)[C@H](O)[C@H]3O)O[C@@H](CO)[C@H](O)[C@H]2OC)[C@@H]1O[C@@H]1O[C@@H](C)[C@H](O)[C@@H](O)[C@H]1OC1O[C@@H]([C@H](O)CO)[C@H](O)[C@H]1O. The molecule has 21 N–H and O–H groups in total. The summed E-state index contributed by atoms with van der Waals surface area (Å²) in [6.45, 7) is -0.752. The molecule has 0 aliphatic carbocycles. The van der Waals surface area contributed by atoms with Crippen LogP contribution in [0.4, 0.5) is 0 Å². The molecule has 0 saturated carbocycles. The highest BCUT2D eigenvalue weighted by Crippen LogP contribution is 2.40. The van der Waals surface area contributed by atoms with Crippen LogP contribution in [-0.4, -0.2) is 400 Å². The van der Waals surface area contributed by atoms with Gasteiger partial charge in [-0.05, 0) is 20.8 Å². The third-order valence-electron chi connectivity index (χ3n) is 17.0. The minimum atomic E-state index is -2.18. The maximum atomic E-state index is 11.9. The quantitative estimate of drug-likeness (QED) is 0.0479. The van der Waals surface area contributed by atoms with E-state index >= 15 is 0 Å². The fourth-order valence-corrected chi connectivity index (χ4v) is 11.7. The molecular weight excluding hydrogens is 1210 g/mol. The fraction of sp³-hybridized carbons (Fsp3) is 1.00. The lowest BCUT2D eigenvalue weighted by Gasteiger charge is -2.51. The Labute approximate surface area is 500 Å². The molecule has 1 unspecified atom stereocenters. The van der Waals surface area contributed by atoms with Crippen molar-refractivity contribution in [3.05, 3.63) is 0 Å². The Morgan fingerprint density at radius 1 is 0.273 bits per heavy atom. The molecule has 514 valence electrons. The Bertz CT molecular complexity index is 2120. The molecule has 8 rings (SSSR count). The lowest BCUT2D eigenvalue weighted by molar-refractivity contribution is -0.416. The summed E-state index contributed by atoms with van der Waals surface area (Å²) in [5.41, 5.74) is 0. The predicted octanol–water partition coefficient (Wildman–Crippen LogP) is -14.1. The van der Waals surface area contributed by atoms with Crippen LogP contribution in [0.15, 0.2) is 0 Å². The van der Waals surface area contributed by atoms with Gasteiger partial charge in [0.2, 0.25) is 0 Å². The lowest BCUT2D eigenvalue weighted by atomic mass is 9.95. The van der Waals surface area contributed by atoms with Gasteiger partial charge in [0.15, 0.2) is 50.3 Å². The number of ether oxygens (including phenoxy) is 17. The molecule has 0 aromatic rings. The van der Waals surface area contributed by atoms with E-state index in [9.17, 15) is 107 Å². The Hall–Kier alpha value is -1.52. The van der Waals surface area contributed by atoms with E-state index in [4.69, 9.17) is 80.5 Å². The molecule has 8 fully saturated rings. The van der Waals surface area contributed by atoms with E-state index in [1.165, 1.54) is 20.8 Å². The average molecular weight is 1300 g/mol. The van der Waals surface area contributed by atoms with E-state index in [1.807, 2.05) is 0 Å². The fourth-order valence-electron chi connectivity index (χ4n) is 11.7. The number of aliphatic hydroxyl groups excluding tert-OH is 21. The standard InChI is InChI=1S/C50H86O38/c1-11-20(58)28(66)40(47(75-11)83-35-21(59)13(3)74-45(32(35)70)82-36-23(61)16(8-53)78-46(33(36)71)88-43-30(68)26(64)22(60)15(7-52)77-43)85-49-41(37(72-4)24(62)17(9-54)79-49)87-50-42(38(73-5)25(63)18(10-55)80-50)86-48-39(27(65)19(57)12(2)76-48)84-44-31(69)29(67)34(81-44)14(56)6-51/h11-71H,6-10H2,1-5H3/t11-,12-,13-,14+,15+,16+,17-,18-,19-,20-,21-,22+,23+,24-,25-,26-,27+,28+,29+,30+,31+,32+,33+,34-,35+,36-,37+,38+,39+,40+,41+,42+,43-,44?,45-,46+,47-,48-,49-,50-/m0/s1. The van der Waals surface area contributed by atoms with Gasteiger partial charge in [-0.2, -0.15) is 0 Å². The van der Waals surface area contributed by atoms with Crippen LogP contribution in [0.2, 0.25) is 0 Å². The molecule has 0 aromatic carbocycles. The van der Waals surface area contributed by atoms with Crippen LogP contribution in [0, 0.1) is 0 Å². The molecule has 8 aliphatic rings. The van der Waals surface area contributed by atoms with Crippen LogP contribution < -0.4 is 0 Å². The van der Waals surface area contributed by atoms with Crippen molar-refractivity contribution in [3.8, 4) is 0 Å². The van der Waals surface area contributed by atoms with Crippen molar-refractivity contribution in [2.75, 3.05) is 47.3 Å². The van der Waals surface area contributed by atoms with Crippen molar-refractivity contribution in [2.45, 2.75) is 266 Å². The van der Waals surface area contributed by atoms with E-state index in [1.54, 1.807) is 0 Å². The van der Waals surface area contributed by atoms with Crippen molar-refractivity contribution in [2.24, 2.45) is 0 Å². The van der Waals surface area contributed by atoms with Crippen LogP contribution >= 0.6 is 0 Å². The van der Waals surface area contributed by atoms with Crippen molar-refractivity contribution in [1.29, 1.82) is 0 Å². The smallest absolute Gasteiger partial charge is 0.189 e. The third-order valence-corrected chi connectivity index (χ3v) is 17.0. The highest BCUT2D eigenvalue weighted by molar-refractivity contribution is 5.01.